The molecule has 0 bridgehead atoms. The monoisotopic (exact) mass is 469 g/mol. The number of hydrogen-bond acceptors (Lipinski definition) is 3. The van der Waals surface area contributed by atoms with Crippen LogP contribution in [-0.2, 0) is 10.7 Å². The Morgan fingerprint density at radius 3 is 1.94 bits per heavy atom. The highest BCUT2D eigenvalue weighted by Crippen LogP contribution is 2.50. The number of nitrogens with zero attached hydrogens (tertiary/aromatic N) is 1. The number of halogens is 4. The molecule has 162 valence electrons. The summed E-state index contributed by atoms with van der Waals surface area (Å²) in [4.78, 5) is 0. The summed E-state index contributed by atoms with van der Waals surface area (Å²) < 4.78 is 66.9. The molecule has 0 fully saturated rings. The average Bonchev–Trinajstić information content (AvgIpc) is 2.70. The fourth-order valence-electron chi connectivity index (χ4n) is 2.38. The predicted molar refractivity (Wildman–Crippen MR) is 113 cm³/mol. The molecule has 0 heterocycles. The van der Waals surface area contributed by atoms with Crippen LogP contribution in [0.3, 0.4) is 0 Å². The summed E-state index contributed by atoms with van der Waals surface area (Å²) in [6.45, 7) is 0. The number of rotatable bonds is 6. The third-order valence-corrected chi connectivity index (χ3v) is 5.39. The van der Waals surface area contributed by atoms with Crippen LogP contribution in [0.2, 0.25) is 5.02 Å². The van der Waals surface area contributed by atoms with Crippen LogP contribution in [0.4, 0.5) is 18.9 Å². The normalized spacial score (nSPS) is 12.3. The van der Waals surface area contributed by atoms with Gasteiger partial charge in [-0.15, -0.1) is 4.76 Å². The second-order valence-electron chi connectivity index (χ2n) is 6.08. The molecule has 0 aliphatic heterocycles. The summed E-state index contributed by atoms with van der Waals surface area (Å²) in [7, 11) is -4.28. The van der Waals surface area contributed by atoms with Crippen molar-refractivity contribution in [1.29, 1.82) is 0 Å². The number of guanidine groups is 1. The number of nitrogens with one attached hydrogen (secondary N) is 1. The molecule has 0 amide bonds. The van der Waals surface area contributed by atoms with Gasteiger partial charge in [0.1, 0.15) is 11.5 Å². The summed E-state index contributed by atoms with van der Waals surface area (Å²) in [5, 5.41) is 2.37. The van der Waals surface area contributed by atoms with Gasteiger partial charge < -0.3 is 20.1 Å². The molecule has 3 N–H and O–H groups in total. The molecule has 11 heteroatoms. The minimum Gasteiger partial charge on any atom is -0.399 e. The fourth-order valence-corrected chi connectivity index (χ4v) is 3.75. The van der Waals surface area contributed by atoms with Crippen molar-refractivity contribution in [3.05, 3.63) is 89.4 Å². The molecule has 0 saturated carbocycles. The van der Waals surface area contributed by atoms with Gasteiger partial charge in [-0.2, -0.15) is 13.2 Å². The molecule has 6 nitrogen and oxygen atoms in total. The molecule has 0 aromatic heterocycles. The Labute approximate surface area is 181 Å². The fraction of sp³-hybridized carbons (Fsp3) is 0.0500. The van der Waals surface area contributed by atoms with E-state index in [1.54, 1.807) is 36.4 Å². The van der Waals surface area contributed by atoms with Gasteiger partial charge in [-0.25, -0.2) is 4.57 Å². The van der Waals surface area contributed by atoms with Crippen LogP contribution in [0.1, 0.15) is 5.56 Å². The lowest BCUT2D eigenvalue weighted by Crippen LogP contribution is -2.23. The molecule has 3 aromatic carbocycles. The molecule has 0 radical (unpaired) electrons. The summed E-state index contributed by atoms with van der Waals surface area (Å²) in [6, 6.07) is 18.8. The second-order valence-corrected chi connectivity index (χ2v) is 7.99. The van der Waals surface area contributed by atoms with Crippen molar-refractivity contribution in [2.24, 2.45) is 10.5 Å². The Hall–Kier alpha value is -3.16. The van der Waals surface area contributed by atoms with Gasteiger partial charge in [0.15, 0.2) is 0 Å². The zero-order valence-electron chi connectivity index (χ0n) is 15.7. The van der Waals surface area contributed by atoms with Gasteiger partial charge in [-0.1, -0.05) is 48.0 Å². The van der Waals surface area contributed by atoms with Crippen LogP contribution in [0.25, 0.3) is 0 Å². The number of anilines is 1. The maximum Gasteiger partial charge on any atom is 0.566 e. The standard InChI is InChI=1S/C20H16ClF3N3O3P/c21-17-12-11-14(20(22,23)24)13-18(17)26-19(25)27-31(28,29-15-7-3-1-4-8-15)30-16-9-5-2-6-10-16/h1-13H,(H3,25,26,27,28). The molecule has 3 aromatic rings. The number of hydrogen-bond donors (Lipinski definition) is 2. The highest BCUT2D eigenvalue weighted by Gasteiger charge is 2.32. The van der Waals surface area contributed by atoms with E-state index < -0.39 is 25.4 Å². The van der Waals surface area contributed by atoms with E-state index in [0.717, 1.165) is 18.2 Å². The maximum absolute atomic E-state index is 13.3. The Balaban J connectivity index is 1.91. The zero-order chi connectivity index (χ0) is 22.5. The van der Waals surface area contributed by atoms with Crippen LogP contribution in [-0.4, -0.2) is 5.96 Å². The summed E-state index contributed by atoms with van der Waals surface area (Å²) >= 11 is 5.95. The molecular formula is C20H16ClF3N3O3P. The van der Waals surface area contributed by atoms with Crippen molar-refractivity contribution >= 4 is 31.0 Å². The van der Waals surface area contributed by atoms with Gasteiger partial charge >= 0.3 is 13.9 Å². The summed E-state index contributed by atoms with van der Waals surface area (Å²) in [6.07, 6.45) is -4.59. The molecule has 0 aliphatic rings. The summed E-state index contributed by atoms with van der Waals surface area (Å²) in [5.74, 6) is -0.137. The average molecular weight is 470 g/mol. The lowest BCUT2D eigenvalue weighted by Gasteiger charge is -2.17. The molecular weight excluding hydrogens is 454 g/mol. The quantitative estimate of drug-likeness (QED) is 0.249. The van der Waals surface area contributed by atoms with Crippen molar-refractivity contribution in [1.82, 2.24) is 0 Å². The largest absolute Gasteiger partial charge is 0.566 e. The molecule has 0 unspecified atom stereocenters. The van der Waals surface area contributed by atoms with E-state index in [0.29, 0.717) is 0 Å². The van der Waals surface area contributed by atoms with Crippen LogP contribution in [0, 0.1) is 0 Å². The lowest BCUT2D eigenvalue weighted by molar-refractivity contribution is -0.137. The van der Waals surface area contributed by atoms with E-state index in [-0.39, 0.29) is 22.2 Å². The molecule has 0 saturated heterocycles. The first-order valence-electron chi connectivity index (χ1n) is 8.73. The smallest absolute Gasteiger partial charge is 0.399 e. The minimum atomic E-state index is -4.59. The zero-order valence-corrected chi connectivity index (χ0v) is 17.4. The third kappa shape index (κ3) is 6.41. The first kappa shape index (κ1) is 22.5. The van der Waals surface area contributed by atoms with Gasteiger partial charge in [0.2, 0.25) is 5.96 Å². The van der Waals surface area contributed by atoms with Gasteiger partial charge in [-0.05, 0) is 42.5 Å². The Bertz CT molecular complexity index is 1070. The number of benzene rings is 3. The number of nitrogens with two attached hydrogens (primary N) is 1. The number of para-hydroxylation sites is 2. The first-order valence-corrected chi connectivity index (χ1v) is 10.6. The maximum atomic E-state index is 13.3. The number of alkyl halides is 3. The van der Waals surface area contributed by atoms with Crippen molar-refractivity contribution in [2.75, 3.05) is 5.32 Å². The van der Waals surface area contributed by atoms with Crippen LogP contribution >= 0.6 is 19.3 Å². The molecule has 0 atom stereocenters. The second kappa shape index (κ2) is 9.32. The highest BCUT2D eigenvalue weighted by molar-refractivity contribution is 7.53. The lowest BCUT2D eigenvalue weighted by atomic mass is 10.2. The van der Waals surface area contributed by atoms with E-state index >= 15 is 0 Å². The molecule has 3 rings (SSSR count). The molecule has 0 aliphatic carbocycles. The predicted octanol–water partition coefficient (Wildman–Crippen LogP) is 6.35. The summed E-state index contributed by atoms with van der Waals surface area (Å²) in [5.41, 5.74) is 4.67. The Morgan fingerprint density at radius 2 is 1.45 bits per heavy atom. The minimum absolute atomic E-state index is 0.0473. The van der Waals surface area contributed by atoms with E-state index in [1.807, 2.05) is 0 Å². The third-order valence-electron chi connectivity index (χ3n) is 3.71. The Kier molecular flexibility index (Phi) is 6.77. The van der Waals surface area contributed by atoms with Crippen LogP contribution < -0.4 is 20.1 Å². The van der Waals surface area contributed by atoms with Crippen molar-refractivity contribution in [2.45, 2.75) is 6.18 Å². The molecule has 0 spiro atoms. The van der Waals surface area contributed by atoms with Crippen molar-refractivity contribution in [3.8, 4) is 11.5 Å². The Morgan fingerprint density at radius 1 is 0.935 bits per heavy atom. The first-order chi connectivity index (χ1) is 14.6. The van der Waals surface area contributed by atoms with Gasteiger partial charge in [0.05, 0.1) is 16.3 Å². The van der Waals surface area contributed by atoms with Crippen LogP contribution in [0.15, 0.2) is 83.6 Å². The SMILES string of the molecule is N/C(=N\P(=O)(Oc1ccccc1)Oc1ccccc1)Nc1cc(C(F)(F)F)ccc1Cl. The topological polar surface area (TPSA) is 85.9 Å². The highest BCUT2D eigenvalue weighted by atomic mass is 35.5. The van der Waals surface area contributed by atoms with Gasteiger partial charge in [-0.3, -0.25) is 0 Å². The van der Waals surface area contributed by atoms with Gasteiger partial charge in [0.25, 0.3) is 0 Å². The van der Waals surface area contributed by atoms with Crippen molar-refractivity contribution in [3.63, 3.8) is 0 Å². The van der Waals surface area contributed by atoms with Crippen LogP contribution in [0.5, 0.6) is 11.5 Å². The van der Waals surface area contributed by atoms with E-state index in [1.165, 1.54) is 24.3 Å². The van der Waals surface area contributed by atoms with Crippen molar-refractivity contribution < 1.29 is 26.8 Å². The van der Waals surface area contributed by atoms with E-state index in [2.05, 4.69) is 10.1 Å². The molecule has 31 heavy (non-hydrogen) atoms. The van der Waals surface area contributed by atoms with E-state index in [4.69, 9.17) is 26.4 Å². The van der Waals surface area contributed by atoms with E-state index in [9.17, 15) is 17.7 Å². The van der Waals surface area contributed by atoms with Gasteiger partial charge in [0, 0.05) is 0 Å².